The van der Waals surface area contributed by atoms with Crippen LogP contribution >= 0.6 is 0 Å². The van der Waals surface area contributed by atoms with E-state index in [2.05, 4.69) is 5.32 Å². The first-order valence-corrected chi connectivity index (χ1v) is 8.57. The summed E-state index contributed by atoms with van der Waals surface area (Å²) in [6, 6.07) is 14.3. The second kappa shape index (κ2) is 11.1. The maximum absolute atomic E-state index is 12.5. The third-order valence-corrected chi connectivity index (χ3v) is 3.49. The van der Waals surface area contributed by atoms with Crippen LogP contribution in [0.15, 0.2) is 48.5 Å². The molecule has 2 aromatic carbocycles. The Labute approximate surface area is 154 Å². The van der Waals surface area contributed by atoms with E-state index in [0.717, 1.165) is 5.75 Å². The maximum atomic E-state index is 12.5. The van der Waals surface area contributed by atoms with Crippen molar-refractivity contribution in [3.8, 4) is 11.5 Å². The summed E-state index contributed by atoms with van der Waals surface area (Å²) in [7, 11) is 1.63. The molecule has 140 valence electrons. The highest BCUT2D eigenvalue weighted by atomic mass is 16.5. The van der Waals surface area contributed by atoms with Gasteiger partial charge in [0.2, 0.25) is 0 Å². The SMILES string of the molecule is CCOCCOc1ccccc1C(=O)Nc1ccc(OCCOC)cc1. The van der Waals surface area contributed by atoms with Gasteiger partial charge in [0.05, 0.1) is 18.8 Å². The van der Waals surface area contributed by atoms with Crippen LogP contribution in [0.25, 0.3) is 0 Å². The molecule has 0 unspecified atom stereocenters. The Balaban J connectivity index is 1.94. The van der Waals surface area contributed by atoms with Gasteiger partial charge in [-0.15, -0.1) is 0 Å². The molecule has 6 heteroatoms. The Morgan fingerprint density at radius 2 is 1.65 bits per heavy atom. The number of amides is 1. The molecule has 0 aliphatic carbocycles. The molecule has 0 aliphatic rings. The van der Waals surface area contributed by atoms with Crippen LogP contribution in [0.2, 0.25) is 0 Å². The van der Waals surface area contributed by atoms with Gasteiger partial charge in [-0.25, -0.2) is 0 Å². The summed E-state index contributed by atoms with van der Waals surface area (Å²) in [5, 5.41) is 2.86. The Morgan fingerprint density at radius 3 is 2.38 bits per heavy atom. The van der Waals surface area contributed by atoms with Gasteiger partial charge in [-0.1, -0.05) is 12.1 Å². The third kappa shape index (κ3) is 6.38. The van der Waals surface area contributed by atoms with Gasteiger partial charge in [0, 0.05) is 19.4 Å². The Kier molecular flexibility index (Phi) is 8.45. The summed E-state index contributed by atoms with van der Waals surface area (Å²) >= 11 is 0. The van der Waals surface area contributed by atoms with E-state index in [1.165, 1.54) is 0 Å². The summed E-state index contributed by atoms with van der Waals surface area (Å²) in [6.45, 7) is 4.45. The highest BCUT2D eigenvalue weighted by Crippen LogP contribution is 2.21. The van der Waals surface area contributed by atoms with Crippen molar-refractivity contribution in [2.45, 2.75) is 6.92 Å². The first-order valence-electron chi connectivity index (χ1n) is 8.57. The van der Waals surface area contributed by atoms with E-state index in [9.17, 15) is 4.79 Å². The molecular formula is C20H25NO5. The Bertz CT molecular complexity index is 672. The summed E-state index contributed by atoms with van der Waals surface area (Å²) in [5.74, 6) is 1.02. The molecule has 0 radical (unpaired) electrons. The number of anilines is 1. The second-order valence-corrected chi connectivity index (χ2v) is 5.36. The fourth-order valence-electron chi connectivity index (χ4n) is 2.21. The molecule has 2 rings (SSSR count). The predicted octanol–water partition coefficient (Wildman–Crippen LogP) is 3.38. The maximum Gasteiger partial charge on any atom is 0.259 e. The number of carbonyl (C=O) groups excluding carboxylic acids is 1. The quantitative estimate of drug-likeness (QED) is 0.623. The molecule has 0 saturated carbocycles. The van der Waals surface area contributed by atoms with Crippen molar-refractivity contribution in [1.82, 2.24) is 0 Å². The normalized spacial score (nSPS) is 10.4. The van der Waals surface area contributed by atoms with Crippen LogP contribution < -0.4 is 14.8 Å². The lowest BCUT2D eigenvalue weighted by Crippen LogP contribution is -2.15. The molecule has 0 spiro atoms. The van der Waals surface area contributed by atoms with Gasteiger partial charge in [-0.3, -0.25) is 4.79 Å². The summed E-state index contributed by atoms with van der Waals surface area (Å²) in [5.41, 5.74) is 1.16. The van der Waals surface area contributed by atoms with Crippen molar-refractivity contribution < 1.29 is 23.7 Å². The lowest BCUT2D eigenvalue weighted by molar-refractivity contribution is 0.0998. The number of rotatable bonds is 11. The standard InChI is InChI=1S/C20H25NO5/c1-3-24-13-15-26-19-7-5-4-6-18(19)20(22)21-16-8-10-17(11-9-16)25-14-12-23-2/h4-11H,3,12-15H2,1-2H3,(H,21,22). The van der Waals surface area contributed by atoms with Crippen molar-refractivity contribution in [3.63, 3.8) is 0 Å². The largest absolute Gasteiger partial charge is 0.491 e. The van der Waals surface area contributed by atoms with Crippen molar-refractivity contribution in [2.75, 3.05) is 45.5 Å². The van der Waals surface area contributed by atoms with Gasteiger partial charge in [0.1, 0.15) is 24.7 Å². The van der Waals surface area contributed by atoms with Gasteiger partial charge >= 0.3 is 0 Å². The topological polar surface area (TPSA) is 66.0 Å². The fraction of sp³-hybridized carbons (Fsp3) is 0.350. The molecule has 0 bridgehead atoms. The highest BCUT2D eigenvalue weighted by molar-refractivity contribution is 6.06. The summed E-state index contributed by atoms with van der Waals surface area (Å²) in [6.07, 6.45) is 0. The molecule has 1 amide bonds. The van der Waals surface area contributed by atoms with Crippen LogP contribution in [0.3, 0.4) is 0 Å². The Morgan fingerprint density at radius 1 is 0.923 bits per heavy atom. The lowest BCUT2D eigenvalue weighted by atomic mass is 10.2. The molecule has 0 aromatic heterocycles. The van der Waals surface area contributed by atoms with Crippen LogP contribution in [0.4, 0.5) is 5.69 Å². The van der Waals surface area contributed by atoms with E-state index in [4.69, 9.17) is 18.9 Å². The summed E-state index contributed by atoms with van der Waals surface area (Å²) in [4.78, 5) is 12.5. The number of hydrogen-bond donors (Lipinski definition) is 1. The molecule has 0 atom stereocenters. The van der Waals surface area contributed by atoms with E-state index < -0.39 is 0 Å². The van der Waals surface area contributed by atoms with Crippen LogP contribution in [-0.4, -0.2) is 46.1 Å². The fourth-order valence-corrected chi connectivity index (χ4v) is 2.21. The van der Waals surface area contributed by atoms with Crippen molar-refractivity contribution in [2.24, 2.45) is 0 Å². The van der Waals surface area contributed by atoms with E-state index in [-0.39, 0.29) is 5.91 Å². The van der Waals surface area contributed by atoms with E-state index >= 15 is 0 Å². The first kappa shape index (κ1) is 19.8. The monoisotopic (exact) mass is 359 g/mol. The summed E-state index contributed by atoms with van der Waals surface area (Å²) < 4.78 is 21.4. The van der Waals surface area contributed by atoms with Gasteiger partial charge in [-0.2, -0.15) is 0 Å². The minimum absolute atomic E-state index is 0.231. The number of benzene rings is 2. The molecule has 1 N–H and O–H groups in total. The molecule has 26 heavy (non-hydrogen) atoms. The number of para-hydroxylation sites is 1. The van der Waals surface area contributed by atoms with Crippen LogP contribution in [0.5, 0.6) is 11.5 Å². The van der Waals surface area contributed by atoms with Crippen molar-refractivity contribution in [1.29, 1.82) is 0 Å². The molecule has 0 aliphatic heterocycles. The van der Waals surface area contributed by atoms with Crippen molar-refractivity contribution in [3.05, 3.63) is 54.1 Å². The third-order valence-electron chi connectivity index (χ3n) is 3.49. The van der Waals surface area contributed by atoms with Crippen molar-refractivity contribution >= 4 is 11.6 Å². The zero-order chi connectivity index (χ0) is 18.6. The molecule has 0 heterocycles. The molecule has 2 aromatic rings. The van der Waals surface area contributed by atoms with E-state index in [1.54, 1.807) is 49.6 Å². The molecule has 0 saturated heterocycles. The molecular weight excluding hydrogens is 334 g/mol. The highest BCUT2D eigenvalue weighted by Gasteiger charge is 2.12. The first-order chi connectivity index (χ1) is 12.7. The number of carbonyl (C=O) groups is 1. The predicted molar refractivity (Wildman–Crippen MR) is 100 cm³/mol. The zero-order valence-electron chi connectivity index (χ0n) is 15.2. The van der Waals surface area contributed by atoms with Crippen LogP contribution in [-0.2, 0) is 9.47 Å². The minimum atomic E-state index is -0.231. The second-order valence-electron chi connectivity index (χ2n) is 5.36. The van der Waals surface area contributed by atoms with Crippen LogP contribution in [0, 0.1) is 0 Å². The van der Waals surface area contributed by atoms with Crippen LogP contribution in [0.1, 0.15) is 17.3 Å². The van der Waals surface area contributed by atoms with Gasteiger partial charge in [-0.05, 0) is 43.3 Å². The lowest BCUT2D eigenvalue weighted by Gasteiger charge is -2.12. The average molecular weight is 359 g/mol. The van der Waals surface area contributed by atoms with E-state index in [1.807, 2.05) is 13.0 Å². The number of hydrogen-bond acceptors (Lipinski definition) is 5. The Hall–Kier alpha value is -2.57. The number of ether oxygens (including phenoxy) is 4. The smallest absolute Gasteiger partial charge is 0.259 e. The number of nitrogens with one attached hydrogen (secondary N) is 1. The molecule has 0 fully saturated rings. The van der Waals surface area contributed by atoms with Gasteiger partial charge in [0.15, 0.2) is 0 Å². The number of methoxy groups -OCH3 is 1. The van der Waals surface area contributed by atoms with Gasteiger partial charge in [0.25, 0.3) is 5.91 Å². The average Bonchev–Trinajstić information content (AvgIpc) is 2.67. The zero-order valence-corrected chi connectivity index (χ0v) is 15.2. The molecule has 6 nitrogen and oxygen atoms in total. The van der Waals surface area contributed by atoms with E-state index in [0.29, 0.717) is 50.0 Å². The minimum Gasteiger partial charge on any atom is -0.491 e. The van der Waals surface area contributed by atoms with Gasteiger partial charge < -0.3 is 24.3 Å².